The molecule has 3 aromatic rings. The molecule has 1 fully saturated rings. The minimum Gasteiger partial charge on any atom is -0.496 e. The zero-order chi connectivity index (χ0) is 23.4. The number of hydrogen-bond acceptors (Lipinski definition) is 7. The summed E-state index contributed by atoms with van der Waals surface area (Å²) in [6.07, 6.45) is 3.55. The molecule has 33 heavy (non-hydrogen) atoms. The number of benzene rings is 2. The predicted molar refractivity (Wildman–Crippen MR) is 124 cm³/mol. The standard InChI is InChI=1S/C23H26FN5O3S/c1-16(27-12-4-3-5-13-27)22-25-26-23(28(22)19-8-6-18(24)7-9-19)33-15-17-14-20(29(30)31)10-11-21(17)32-2/h6-11,14,16H,3-5,12-13,15H2,1-2H3. The fraction of sp³-hybridized carbons (Fsp3) is 0.391. The van der Waals surface area contributed by atoms with Crippen LogP contribution in [0.25, 0.3) is 5.69 Å². The molecule has 2 heterocycles. The highest BCUT2D eigenvalue weighted by atomic mass is 32.2. The largest absolute Gasteiger partial charge is 0.496 e. The second-order valence-corrected chi connectivity index (χ2v) is 8.91. The number of nitro groups is 1. The molecule has 0 amide bonds. The van der Waals surface area contributed by atoms with Gasteiger partial charge in [-0.05, 0) is 63.2 Å². The van der Waals surface area contributed by atoms with Gasteiger partial charge in [0.2, 0.25) is 0 Å². The highest BCUT2D eigenvalue weighted by Gasteiger charge is 2.26. The van der Waals surface area contributed by atoms with E-state index >= 15 is 0 Å². The van der Waals surface area contributed by atoms with Crippen molar-refractivity contribution in [2.45, 2.75) is 43.1 Å². The summed E-state index contributed by atoms with van der Waals surface area (Å²) in [5.41, 5.74) is 1.47. The van der Waals surface area contributed by atoms with Crippen molar-refractivity contribution in [3.05, 3.63) is 69.8 Å². The maximum absolute atomic E-state index is 13.6. The molecule has 8 nitrogen and oxygen atoms in total. The molecule has 1 aliphatic rings. The highest BCUT2D eigenvalue weighted by Crippen LogP contribution is 2.33. The number of ether oxygens (including phenoxy) is 1. The summed E-state index contributed by atoms with van der Waals surface area (Å²) < 4.78 is 21.0. The van der Waals surface area contributed by atoms with Gasteiger partial charge >= 0.3 is 0 Å². The molecule has 1 saturated heterocycles. The Labute approximate surface area is 195 Å². The fourth-order valence-corrected chi connectivity index (χ4v) is 5.02. The van der Waals surface area contributed by atoms with E-state index < -0.39 is 4.92 Å². The Morgan fingerprint density at radius 1 is 1.15 bits per heavy atom. The maximum atomic E-state index is 13.6. The van der Waals surface area contributed by atoms with Crippen molar-refractivity contribution in [1.82, 2.24) is 19.7 Å². The zero-order valence-corrected chi connectivity index (χ0v) is 19.4. The van der Waals surface area contributed by atoms with E-state index in [-0.39, 0.29) is 17.5 Å². The fourth-order valence-electron chi connectivity index (χ4n) is 4.08. The monoisotopic (exact) mass is 471 g/mol. The lowest BCUT2D eigenvalue weighted by atomic mass is 10.1. The van der Waals surface area contributed by atoms with Crippen molar-refractivity contribution in [3.8, 4) is 11.4 Å². The molecule has 0 saturated carbocycles. The lowest BCUT2D eigenvalue weighted by Gasteiger charge is -2.31. The SMILES string of the molecule is COc1ccc([N+](=O)[O-])cc1CSc1nnc(C(C)N2CCCCC2)n1-c1ccc(F)cc1. The number of hydrogen-bond donors (Lipinski definition) is 0. The molecular weight excluding hydrogens is 445 g/mol. The first-order valence-electron chi connectivity index (χ1n) is 10.9. The molecule has 0 spiro atoms. The van der Waals surface area contributed by atoms with Gasteiger partial charge in [0.15, 0.2) is 11.0 Å². The molecule has 0 bridgehead atoms. The van der Waals surface area contributed by atoms with Gasteiger partial charge in [0.1, 0.15) is 11.6 Å². The number of methoxy groups -OCH3 is 1. The second-order valence-electron chi connectivity index (χ2n) is 7.97. The first kappa shape index (κ1) is 23.2. The number of likely N-dealkylation sites (tertiary alicyclic amines) is 1. The Morgan fingerprint density at radius 3 is 2.55 bits per heavy atom. The topological polar surface area (TPSA) is 86.3 Å². The van der Waals surface area contributed by atoms with Crippen LogP contribution < -0.4 is 4.74 Å². The molecule has 0 aliphatic carbocycles. The van der Waals surface area contributed by atoms with Crippen LogP contribution in [0, 0.1) is 15.9 Å². The van der Waals surface area contributed by atoms with Crippen LogP contribution in [0.1, 0.15) is 43.6 Å². The normalized spacial score (nSPS) is 15.4. The van der Waals surface area contributed by atoms with Crippen LogP contribution in [0.5, 0.6) is 5.75 Å². The van der Waals surface area contributed by atoms with Gasteiger partial charge in [-0.15, -0.1) is 10.2 Å². The van der Waals surface area contributed by atoms with Crippen LogP contribution in [0.2, 0.25) is 0 Å². The van der Waals surface area contributed by atoms with Gasteiger partial charge in [0.05, 0.1) is 18.1 Å². The second kappa shape index (κ2) is 10.3. The summed E-state index contributed by atoms with van der Waals surface area (Å²) >= 11 is 1.41. The van der Waals surface area contributed by atoms with E-state index in [2.05, 4.69) is 22.0 Å². The molecule has 10 heteroatoms. The maximum Gasteiger partial charge on any atom is 0.270 e. The Balaban J connectivity index is 1.67. The molecule has 174 valence electrons. The number of rotatable bonds is 8. The van der Waals surface area contributed by atoms with Crippen LogP contribution in [0.15, 0.2) is 47.6 Å². The van der Waals surface area contributed by atoms with Crippen LogP contribution in [0.4, 0.5) is 10.1 Å². The van der Waals surface area contributed by atoms with Crippen LogP contribution in [-0.4, -0.2) is 44.8 Å². The average Bonchev–Trinajstić information content (AvgIpc) is 3.27. The van der Waals surface area contributed by atoms with Crippen molar-refractivity contribution >= 4 is 17.4 Å². The van der Waals surface area contributed by atoms with E-state index in [9.17, 15) is 14.5 Å². The third-order valence-corrected chi connectivity index (χ3v) is 6.86. The van der Waals surface area contributed by atoms with Gasteiger partial charge in [-0.25, -0.2) is 4.39 Å². The number of thioether (sulfide) groups is 1. The summed E-state index contributed by atoms with van der Waals surface area (Å²) in [6, 6.07) is 10.8. The Kier molecular flexibility index (Phi) is 7.24. The van der Waals surface area contributed by atoms with E-state index in [1.165, 1.54) is 49.6 Å². The first-order valence-corrected chi connectivity index (χ1v) is 11.9. The van der Waals surface area contributed by atoms with E-state index in [0.29, 0.717) is 22.2 Å². The molecule has 2 aromatic carbocycles. The van der Waals surface area contributed by atoms with E-state index in [0.717, 1.165) is 37.4 Å². The molecule has 0 radical (unpaired) electrons. The predicted octanol–water partition coefficient (Wildman–Crippen LogP) is 5.16. The lowest BCUT2D eigenvalue weighted by Crippen LogP contribution is -2.33. The van der Waals surface area contributed by atoms with E-state index in [4.69, 9.17) is 4.74 Å². The van der Waals surface area contributed by atoms with Gasteiger partial charge in [0, 0.05) is 29.1 Å². The third-order valence-electron chi connectivity index (χ3n) is 5.89. The molecule has 1 aliphatic heterocycles. The van der Waals surface area contributed by atoms with Crippen LogP contribution in [-0.2, 0) is 5.75 Å². The zero-order valence-electron chi connectivity index (χ0n) is 18.6. The Bertz CT molecular complexity index is 1120. The van der Waals surface area contributed by atoms with E-state index in [1.54, 1.807) is 18.2 Å². The van der Waals surface area contributed by atoms with Gasteiger partial charge in [-0.2, -0.15) is 0 Å². The van der Waals surface area contributed by atoms with Crippen LogP contribution >= 0.6 is 11.8 Å². The number of non-ortho nitro benzene ring substituents is 1. The molecular formula is C23H26FN5O3S. The number of nitro benzene ring substituents is 1. The van der Waals surface area contributed by atoms with E-state index in [1.807, 2.05) is 4.57 Å². The smallest absolute Gasteiger partial charge is 0.270 e. The number of aromatic nitrogens is 3. The molecule has 1 atom stereocenters. The van der Waals surface area contributed by atoms with Gasteiger partial charge < -0.3 is 4.74 Å². The summed E-state index contributed by atoms with van der Waals surface area (Å²) in [4.78, 5) is 13.2. The van der Waals surface area contributed by atoms with Crippen molar-refractivity contribution in [3.63, 3.8) is 0 Å². The summed E-state index contributed by atoms with van der Waals surface area (Å²) in [7, 11) is 1.54. The quantitative estimate of drug-likeness (QED) is 0.255. The minimum atomic E-state index is -0.424. The highest BCUT2D eigenvalue weighted by molar-refractivity contribution is 7.98. The molecule has 4 rings (SSSR count). The number of nitrogens with zero attached hydrogens (tertiary/aromatic N) is 5. The molecule has 1 unspecified atom stereocenters. The molecule has 0 N–H and O–H groups in total. The van der Waals surface area contributed by atoms with Crippen molar-refractivity contribution < 1.29 is 14.1 Å². The summed E-state index contributed by atoms with van der Waals surface area (Å²) in [6.45, 7) is 4.13. The Hall–Kier alpha value is -2.98. The molecule has 1 aromatic heterocycles. The average molecular weight is 472 g/mol. The number of piperidine rings is 1. The third kappa shape index (κ3) is 5.17. The van der Waals surface area contributed by atoms with Gasteiger partial charge in [-0.3, -0.25) is 19.6 Å². The minimum absolute atomic E-state index is 0.00538. The summed E-state index contributed by atoms with van der Waals surface area (Å²) in [5.74, 6) is 1.45. The van der Waals surface area contributed by atoms with Gasteiger partial charge in [-0.1, -0.05) is 18.2 Å². The number of halogens is 1. The lowest BCUT2D eigenvalue weighted by molar-refractivity contribution is -0.384. The Morgan fingerprint density at radius 2 is 1.88 bits per heavy atom. The van der Waals surface area contributed by atoms with Crippen LogP contribution in [0.3, 0.4) is 0 Å². The van der Waals surface area contributed by atoms with Crippen molar-refractivity contribution in [2.24, 2.45) is 0 Å². The first-order chi connectivity index (χ1) is 16.0. The van der Waals surface area contributed by atoms with Crippen molar-refractivity contribution in [1.29, 1.82) is 0 Å². The summed E-state index contributed by atoms with van der Waals surface area (Å²) in [5, 5.41) is 20.8. The van der Waals surface area contributed by atoms with Crippen molar-refractivity contribution in [2.75, 3.05) is 20.2 Å². The van der Waals surface area contributed by atoms with Gasteiger partial charge in [0.25, 0.3) is 5.69 Å².